The topological polar surface area (TPSA) is 89.2 Å². The van der Waals surface area contributed by atoms with Gasteiger partial charge in [0.2, 0.25) is 0 Å². The van der Waals surface area contributed by atoms with Gasteiger partial charge in [0.25, 0.3) is 11.7 Å². The van der Waals surface area contributed by atoms with Gasteiger partial charge in [-0.3, -0.25) is 9.59 Å². The summed E-state index contributed by atoms with van der Waals surface area (Å²) < 4.78 is 16.5. The smallest absolute Gasteiger partial charge is 0.296 e. The number of aliphatic hydroxyl groups excluding tert-OH is 1. The predicted octanol–water partition coefficient (Wildman–Crippen LogP) is 4.87. The van der Waals surface area contributed by atoms with Gasteiger partial charge in [-0.25, -0.2) is 0 Å². The number of likely N-dealkylation sites (tertiary alicyclic amines) is 1. The Morgan fingerprint density at radius 3 is 2.56 bits per heavy atom. The highest BCUT2D eigenvalue weighted by atomic mass is 16.5. The first-order valence-corrected chi connectivity index (χ1v) is 10.9. The Balaban J connectivity index is 1.79. The molecular weight excluding hydrogens is 434 g/mol. The average molecular weight is 459 g/mol. The first-order chi connectivity index (χ1) is 16.5. The van der Waals surface area contributed by atoms with Crippen molar-refractivity contribution in [2.24, 2.45) is 0 Å². The summed E-state index contributed by atoms with van der Waals surface area (Å²) in [6.07, 6.45) is 3.14. The molecule has 34 heavy (non-hydrogen) atoms. The number of furan rings is 1. The van der Waals surface area contributed by atoms with E-state index in [1.54, 1.807) is 66.7 Å². The Morgan fingerprint density at radius 2 is 1.88 bits per heavy atom. The Bertz CT molecular complexity index is 1210. The zero-order chi connectivity index (χ0) is 24.1. The summed E-state index contributed by atoms with van der Waals surface area (Å²) in [6.45, 7) is 6.38. The number of hydrogen-bond acceptors (Lipinski definition) is 6. The minimum atomic E-state index is -0.817. The summed E-state index contributed by atoms with van der Waals surface area (Å²) in [5.41, 5.74) is 1.04. The van der Waals surface area contributed by atoms with Gasteiger partial charge < -0.3 is 23.9 Å². The van der Waals surface area contributed by atoms with Gasteiger partial charge >= 0.3 is 0 Å². The van der Waals surface area contributed by atoms with Crippen molar-refractivity contribution in [2.75, 3.05) is 13.2 Å². The molecule has 1 fully saturated rings. The number of rotatable bonds is 9. The molecule has 1 aliphatic heterocycles. The van der Waals surface area contributed by atoms with Crippen LogP contribution in [0.2, 0.25) is 0 Å². The molecule has 1 unspecified atom stereocenters. The third kappa shape index (κ3) is 4.59. The fourth-order valence-electron chi connectivity index (χ4n) is 3.92. The molecule has 4 rings (SSSR count). The van der Waals surface area contributed by atoms with E-state index in [2.05, 4.69) is 6.58 Å². The zero-order valence-corrected chi connectivity index (χ0v) is 18.8. The molecule has 0 saturated carbocycles. The van der Waals surface area contributed by atoms with Gasteiger partial charge in [0.15, 0.2) is 0 Å². The largest absolute Gasteiger partial charge is 0.507 e. The summed E-state index contributed by atoms with van der Waals surface area (Å²) in [5, 5.41) is 11.2. The Morgan fingerprint density at radius 1 is 1.09 bits per heavy atom. The molecule has 3 aromatic rings. The van der Waals surface area contributed by atoms with Crippen molar-refractivity contribution >= 4 is 17.4 Å². The van der Waals surface area contributed by atoms with Gasteiger partial charge in [-0.2, -0.15) is 0 Å². The average Bonchev–Trinajstić information content (AvgIpc) is 3.45. The van der Waals surface area contributed by atoms with Crippen LogP contribution in [-0.4, -0.2) is 34.9 Å². The molecule has 0 spiro atoms. The van der Waals surface area contributed by atoms with Crippen LogP contribution in [0, 0.1) is 0 Å². The maximum atomic E-state index is 13.2. The van der Waals surface area contributed by atoms with E-state index in [1.165, 1.54) is 11.2 Å². The number of ketones is 1. The molecule has 1 aliphatic rings. The third-order valence-electron chi connectivity index (χ3n) is 5.43. The van der Waals surface area contributed by atoms with Crippen molar-refractivity contribution in [1.29, 1.82) is 0 Å². The van der Waals surface area contributed by atoms with Crippen LogP contribution in [-0.2, 0) is 16.1 Å². The molecule has 1 N–H and O–H groups in total. The van der Waals surface area contributed by atoms with Crippen LogP contribution in [0.25, 0.3) is 5.76 Å². The van der Waals surface area contributed by atoms with Crippen LogP contribution in [0.1, 0.15) is 29.9 Å². The minimum Gasteiger partial charge on any atom is -0.507 e. The second-order valence-corrected chi connectivity index (χ2v) is 7.64. The first-order valence-electron chi connectivity index (χ1n) is 10.9. The quantitative estimate of drug-likeness (QED) is 0.213. The van der Waals surface area contributed by atoms with Crippen LogP contribution in [0.3, 0.4) is 0 Å². The summed E-state index contributed by atoms with van der Waals surface area (Å²) >= 11 is 0. The molecule has 1 saturated heterocycles. The molecule has 1 aromatic heterocycles. The van der Waals surface area contributed by atoms with Crippen LogP contribution < -0.4 is 9.47 Å². The van der Waals surface area contributed by atoms with E-state index in [0.717, 1.165) is 0 Å². The maximum absolute atomic E-state index is 13.2. The highest BCUT2D eigenvalue weighted by Gasteiger charge is 2.46. The third-order valence-corrected chi connectivity index (χ3v) is 5.43. The number of aliphatic hydroxyl groups is 1. The van der Waals surface area contributed by atoms with Gasteiger partial charge in [0.05, 0.1) is 31.0 Å². The zero-order valence-electron chi connectivity index (χ0n) is 18.8. The number of amides is 1. The maximum Gasteiger partial charge on any atom is 0.296 e. The number of hydrogen-bond donors (Lipinski definition) is 1. The molecule has 0 radical (unpaired) electrons. The fraction of sp³-hybridized carbons (Fsp3) is 0.185. The lowest BCUT2D eigenvalue weighted by Crippen LogP contribution is -2.29. The van der Waals surface area contributed by atoms with Crippen molar-refractivity contribution < 1.29 is 28.6 Å². The highest BCUT2D eigenvalue weighted by Crippen LogP contribution is 2.41. The van der Waals surface area contributed by atoms with Crippen molar-refractivity contribution in [3.8, 4) is 11.5 Å². The second kappa shape index (κ2) is 10.1. The molecule has 2 heterocycles. The normalized spacial score (nSPS) is 17.1. The molecule has 0 aliphatic carbocycles. The van der Waals surface area contributed by atoms with Crippen molar-refractivity contribution in [3.05, 3.63) is 102 Å². The summed E-state index contributed by atoms with van der Waals surface area (Å²) in [7, 11) is 0. The van der Waals surface area contributed by atoms with E-state index in [-0.39, 0.29) is 17.9 Å². The number of ether oxygens (including phenoxy) is 2. The summed E-state index contributed by atoms with van der Waals surface area (Å²) in [6, 6.07) is 16.4. The van der Waals surface area contributed by atoms with Gasteiger partial charge in [-0.05, 0) is 61.0 Å². The Hall–Kier alpha value is -4.26. The number of carbonyl (C=O) groups excluding carboxylic acids is 2. The fourth-order valence-corrected chi connectivity index (χ4v) is 3.92. The van der Waals surface area contributed by atoms with Crippen LogP contribution in [0.4, 0.5) is 0 Å². The van der Waals surface area contributed by atoms with Crippen LogP contribution in [0.5, 0.6) is 11.5 Å². The predicted molar refractivity (Wildman–Crippen MR) is 126 cm³/mol. The van der Waals surface area contributed by atoms with E-state index < -0.39 is 17.7 Å². The molecule has 1 atom stereocenters. The van der Waals surface area contributed by atoms with Gasteiger partial charge in [0, 0.05) is 5.56 Å². The standard InChI is InChI=1S/C27H25NO6/c1-3-14-33-20-12-10-18(11-13-20)25(29)23-24(19-7-5-8-21(16-19)32-4-2)28(27(31)26(23)30)17-22-9-6-15-34-22/h3,5-13,15-16,24,29H,1,4,14,17H2,2H3/b25-23+. The van der Waals surface area contributed by atoms with Gasteiger partial charge in [-0.15, -0.1) is 0 Å². The van der Waals surface area contributed by atoms with Crippen molar-refractivity contribution in [2.45, 2.75) is 19.5 Å². The van der Waals surface area contributed by atoms with E-state index in [4.69, 9.17) is 13.9 Å². The number of benzene rings is 2. The monoisotopic (exact) mass is 459 g/mol. The molecule has 174 valence electrons. The summed E-state index contributed by atoms with van der Waals surface area (Å²) in [5.74, 6) is -0.0134. The molecule has 2 aromatic carbocycles. The van der Waals surface area contributed by atoms with Gasteiger partial charge in [-0.1, -0.05) is 24.8 Å². The summed E-state index contributed by atoms with van der Waals surface area (Å²) in [4.78, 5) is 27.6. The molecule has 7 nitrogen and oxygen atoms in total. The molecule has 7 heteroatoms. The Kier molecular flexibility index (Phi) is 6.82. The minimum absolute atomic E-state index is 0.00460. The first kappa shape index (κ1) is 22.9. The Labute approximate surface area is 197 Å². The highest BCUT2D eigenvalue weighted by molar-refractivity contribution is 6.46. The van der Waals surface area contributed by atoms with Crippen molar-refractivity contribution in [3.63, 3.8) is 0 Å². The number of Topliss-reactive ketones (excluding diaryl/α,β-unsaturated/α-hetero) is 1. The van der Waals surface area contributed by atoms with E-state index in [0.29, 0.717) is 41.6 Å². The van der Waals surface area contributed by atoms with Crippen LogP contribution >= 0.6 is 0 Å². The number of carbonyl (C=O) groups is 2. The lowest BCUT2D eigenvalue weighted by molar-refractivity contribution is -0.140. The lowest BCUT2D eigenvalue weighted by atomic mass is 9.95. The lowest BCUT2D eigenvalue weighted by Gasteiger charge is -2.25. The van der Waals surface area contributed by atoms with Crippen LogP contribution in [0.15, 0.2) is 89.6 Å². The molecule has 1 amide bonds. The van der Waals surface area contributed by atoms with Gasteiger partial charge in [0.1, 0.15) is 29.6 Å². The number of nitrogens with zero attached hydrogens (tertiary/aromatic N) is 1. The molecule has 0 bridgehead atoms. The second-order valence-electron chi connectivity index (χ2n) is 7.64. The van der Waals surface area contributed by atoms with Crippen molar-refractivity contribution in [1.82, 2.24) is 4.90 Å². The van der Waals surface area contributed by atoms with E-state index >= 15 is 0 Å². The van der Waals surface area contributed by atoms with E-state index in [1.807, 2.05) is 6.92 Å². The SMILES string of the molecule is C=CCOc1ccc(/C(O)=C2\C(=O)C(=O)N(Cc3ccco3)C2c2cccc(OCC)c2)cc1. The van der Waals surface area contributed by atoms with E-state index in [9.17, 15) is 14.7 Å². The molecular formula is C27H25NO6.